The van der Waals surface area contributed by atoms with E-state index in [-0.39, 0.29) is 0 Å². The molecule has 266 valence electrons. The first-order valence-corrected chi connectivity index (χ1v) is 21.4. The van der Waals surface area contributed by atoms with Crippen LogP contribution in [0.15, 0.2) is 205 Å². The highest BCUT2D eigenvalue weighted by Gasteiger charge is 2.51. The summed E-state index contributed by atoms with van der Waals surface area (Å²) in [6.45, 7) is 0. The van der Waals surface area contributed by atoms with Crippen molar-refractivity contribution in [1.82, 2.24) is 14.5 Å². The van der Waals surface area contributed by atoms with Crippen molar-refractivity contribution in [3.63, 3.8) is 0 Å². The zero-order valence-corrected chi connectivity index (χ0v) is 31.8. The Hall–Kier alpha value is -7.34. The molecule has 12 rings (SSSR count). The van der Waals surface area contributed by atoms with Crippen LogP contribution in [-0.2, 0) is 0 Å². The zero-order valence-electron chi connectivity index (χ0n) is 30.8. The average Bonchev–Trinajstić information content (AvgIpc) is 3.94. The topological polar surface area (TPSA) is 43.9 Å². The Morgan fingerprint density at radius 2 is 1.05 bits per heavy atom. The standard InChI is InChI=1S/C52H33N3OSi/c1-4-16-34(17-5-1)48-51-49(42-24-12-15-27-46(42)57(51,37-18-6-2-7-19-37)38-20-8-3-9-21-38)54-52(53-48)35-28-30-36(31-29-35)55-43-25-13-10-23-41(43)47-44(55)33-32-40-39-22-11-14-26-45(39)56-50(40)47/h1-33H. The first-order chi connectivity index (χ1) is 28.3. The highest BCUT2D eigenvalue weighted by molar-refractivity contribution is 7.22. The minimum absolute atomic E-state index is 0.714. The van der Waals surface area contributed by atoms with Crippen LogP contribution in [0.2, 0.25) is 0 Å². The Labute approximate surface area is 330 Å². The predicted molar refractivity (Wildman–Crippen MR) is 237 cm³/mol. The van der Waals surface area contributed by atoms with Gasteiger partial charge in [-0.15, -0.1) is 0 Å². The second-order valence-corrected chi connectivity index (χ2v) is 18.5. The van der Waals surface area contributed by atoms with Gasteiger partial charge in [0.05, 0.1) is 27.8 Å². The van der Waals surface area contributed by atoms with E-state index in [0.29, 0.717) is 5.82 Å². The summed E-state index contributed by atoms with van der Waals surface area (Å²) in [5.74, 6) is 0.714. The van der Waals surface area contributed by atoms with Crippen LogP contribution in [0.3, 0.4) is 0 Å². The van der Waals surface area contributed by atoms with Crippen molar-refractivity contribution in [2.75, 3.05) is 0 Å². The third-order valence-corrected chi connectivity index (χ3v) is 16.8. The molecule has 0 N–H and O–H groups in total. The van der Waals surface area contributed by atoms with E-state index in [1.165, 1.54) is 31.7 Å². The van der Waals surface area contributed by atoms with Gasteiger partial charge in [-0.05, 0) is 64.1 Å². The van der Waals surface area contributed by atoms with Crippen molar-refractivity contribution in [2.45, 2.75) is 0 Å². The molecule has 0 atom stereocenters. The highest BCUT2D eigenvalue weighted by atomic mass is 28.3. The van der Waals surface area contributed by atoms with Gasteiger partial charge in [-0.3, -0.25) is 0 Å². The van der Waals surface area contributed by atoms with Gasteiger partial charge >= 0.3 is 0 Å². The molecule has 57 heavy (non-hydrogen) atoms. The first-order valence-electron chi connectivity index (χ1n) is 19.4. The summed E-state index contributed by atoms with van der Waals surface area (Å²) < 4.78 is 8.90. The molecule has 0 radical (unpaired) electrons. The minimum Gasteiger partial charge on any atom is -0.455 e. The van der Waals surface area contributed by atoms with E-state index in [0.717, 1.165) is 66.6 Å². The molecule has 0 unspecified atom stereocenters. The fourth-order valence-corrected chi connectivity index (χ4v) is 14.8. The molecule has 0 spiro atoms. The summed E-state index contributed by atoms with van der Waals surface area (Å²) in [5.41, 5.74) is 10.4. The molecule has 1 aliphatic heterocycles. The number of benzene rings is 8. The van der Waals surface area contributed by atoms with Crippen molar-refractivity contribution in [3.8, 4) is 39.6 Å². The quantitative estimate of drug-likeness (QED) is 0.165. The third kappa shape index (κ3) is 4.55. The number of rotatable bonds is 5. The Morgan fingerprint density at radius 1 is 0.439 bits per heavy atom. The Bertz CT molecular complexity index is 3300. The Kier molecular flexibility index (Phi) is 6.91. The lowest BCUT2D eigenvalue weighted by atomic mass is 10.1. The monoisotopic (exact) mass is 743 g/mol. The summed E-state index contributed by atoms with van der Waals surface area (Å²) in [6.07, 6.45) is 0. The second kappa shape index (κ2) is 12.3. The molecule has 3 aromatic heterocycles. The van der Waals surface area contributed by atoms with Crippen molar-refractivity contribution < 1.29 is 4.42 Å². The van der Waals surface area contributed by atoms with Gasteiger partial charge in [0.15, 0.2) is 13.9 Å². The number of para-hydroxylation sites is 2. The number of hydrogen-bond acceptors (Lipinski definition) is 3. The maximum atomic E-state index is 6.55. The Morgan fingerprint density at radius 3 is 1.81 bits per heavy atom. The molecule has 0 amide bonds. The van der Waals surface area contributed by atoms with E-state index in [1.54, 1.807) is 0 Å². The zero-order chi connectivity index (χ0) is 37.5. The van der Waals surface area contributed by atoms with E-state index in [4.69, 9.17) is 14.4 Å². The van der Waals surface area contributed by atoms with Gasteiger partial charge in [0, 0.05) is 43.7 Å². The lowest BCUT2D eigenvalue weighted by Gasteiger charge is -2.32. The van der Waals surface area contributed by atoms with E-state index < -0.39 is 8.07 Å². The second-order valence-electron chi connectivity index (χ2n) is 14.8. The van der Waals surface area contributed by atoms with E-state index in [2.05, 4.69) is 193 Å². The summed E-state index contributed by atoms with van der Waals surface area (Å²) in [6, 6.07) is 71.8. The molecule has 4 nitrogen and oxygen atoms in total. The molecule has 8 aromatic carbocycles. The van der Waals surface area contributed by atoms with Crippen LogP contribution < -0.4 is 20.7 Å². The van der Waals surface area contributed by atoms with Crippen molar-refractivity contribution in [3.05, 3.63) is 200 Å². The van der Waals surface area contributed by atoms with Gasteiger partial charge < -0.3 is 8.98 Å². The van der Waals surface area contributed by atoms with Gasteiger partial charge in [0.25, 0.3) is 0 Å². The van der Waals surface area contributed by atoms with Crippen LogP contribution >= 0.6 is 0 Å². The molecule has 5 heteroatoms. The van der Waals surface area contributed by atoms with Crippen LogP contribution in [0.5, 0.6) is 0 Å². The maximum Gasteiger partial charge on any atom is 0.185 e. The van der Waals surface area contributed by atoms with E-state index in [9.17, 15) is 0 Å². The number of hydrogen-bond donors (Lipinski definition) is 0. The van der Waals surface area contributed by atoms with Gasteiger partial charge in [0.1, 0.15) is 11.2 Å². The fourth-order valence-electron chi connectivity index (χ4n) is 9.51. The summed E-state index contributed by atoms with van der Waals surface area (Å²) in [4.78, 5) is 11.1. The average molecular weight is 744 g/mol. The molecule has 0 aliphatic carbocycles. The molecule has 1 aliphatic rings. The lowest BCUT2D eigenvalue weighted by Crippen LogP contribution is -2.73. The highest BCUT2D eigenvalue weighted by Crippen LogP contribution is 2.41. The molecular formula is C52H33N3OSi. The van der Waals surface area contributed by atoms with Crippen molar-refractivity contribution >= 4 is 72.6 Å². The number of aromatic nitrogens is 3. The molecule has 0 saturated heterocycles. The number of nitrogens with zero attached hydrogens (tertiary/aromatic N) is 3. The maximum absolute atomic E-state index is 6.55. The van der Waals surface area contributed by atoms with Crippen LogP contribution in [0.25, 0.3) is 83.3 Å². The molecule has 0 fully saturated rings. The van der Waals surface area contributed by atoms with Gasteiger partial charge in [-0.25, -0.2) is 9.97 Å². The molecular weight excluding hydrogens is 711 g/mol. The lowest BCUT2D eigenvalue weighted by molar-refractivity contribution is 0.673. The van der Waals surface area contributed by atoms with Crippen LogP contribution in [0, 0.1) is 0 Å². The van der Waals surface area contributed by atoms with Crippen LogP contribution in [0.4, 0.5) is 0 Å². The van der Waals surface area contributed by atoms with Crippen molar-refractivity contribution in [2.24, 2.45) is 0 Å². The minimum atomic E-state index is -2.84. The van der Waals surface area contributed by atoms with E-state index in [1.807, 2.05) is 12.1 Å². The molecule has 0 saturated carbocycles. The fraction of sp³-hybridized carbons (Fsp3) is 0. The SMILES string of the molecule is c1ccc(-c2nc(-c3ccc(-n4c5ccccc5c5c6oc7ccccc7c6ccc54)cc3)nc3c2[Si](c2ccccc2)(c2ccccc2)c2ccccc2-3)cc1. The summed E-state index contributed by atoms with van der Waals surface area (Å²) >= 11 is 0. The van der Waals surface area contributed by atoms with Crippen LogP contribution in [-0.4, -0.2) is 22.6 Å². The molecule has 11 aromatic rings. The summed E-state index contributed by atoms with van der Waals surface area (Å²) in [5, 5.41) is 9.80. The van der Waals surface area contributed by atoms with Gasteiger partial charge in [-0.1, -0.05) is 152 Å². The summed E-state index contributed by atoms with van der Waals surface area (Å²) in [7, 11) is -2.84. The Balaban J connectivity index is 1.08. The van der Waals surface area contributed by atoms with Crippen molar-refractivity contribution in [1.29, 1.82) is 0 Å². The van der Waals surface area contributed by atoms with E-state index >= 15 is 0 Å². The molecule has 4 heterocycles. The third-order valence-electron chi connectivity index (χ3n) is 11.9. The van der Waals surface area contributed by atoms with Crippen LogP contribution in [0.1, 0.15) is 0 Å². The number of fused-ring (bicyclic) bond motifs is 10. The van der Waals surface area contributed by atoms with Gasteiger partial charge in [-0.2, -0.15) is 0 Å². The largest absolute Gasteiger partial charge is 0.455 e. The number of furan rings is 1. The predicted octanol–water partition coefficient (Wildman–Crippen LogP) is 10.2. The smallest absolute Gasteiger partial charge is 0.185 e. The normalized spacial score (nSPS) is 13.1. The van der Waals surface area contributed by atoms with Gasteiger partial charge in [0.2, 0.25) is 0 Å². The molecule has 0 bridgehead atoms. The first kappa shape index (κ1) is 32.0.